The van der Waals surface area contributed by atoms with E-state index in [2.05, 4.69) is 0 Å². The number of halogens is 1. The molecule has 0 aromatic heterocycles. The van der Waals surface area contributed by atoms with Crippen LogP contribution in [-0.2, 0) is 0 Å². The van der Waals surface area contributed by atoms with E-state index in [1.54, 1.807) is 0 Å². The van der Waals surface area contributed by atoms with E-state index in [0.29, 0.717) is 0 Å². The van der Waals surface area contributed by atoms with E-state index in [0.717, 1.165) is 6.92 Å². The molecule has 0 aliphatic heterocycles. The van der Waals surface area contributed by atoms with E-state index < -0.39 is 18.0 Å². The summed E-state index contributed by atoms with van der Waals surface area (Å²) < 4.78 is 12.1. The lowest BCUT2D eigenvalue weighted by molar-refractivity contribution is -0.170. The predicted molar refractivity (Wildman–Crippen MR) is 42.7 cm³/mol. The summed E-state index contributed by atoms with van der Waals surface area (Å²) in [6.45, 7) is 6.23. The van der Waals surface area contributed by atoms with Crippen molar-refractivity contribution in [1.29, 1.82) is 0 Å². The van der Waals surface area contributed by atoms with Gasteiger partial charge in [0.05, 0.1) is 6.04 Å². The first-order valence-electron chi connectivity index (χ1n) is 3.70. The number of hydrogen-bond acceptors (Lipinski definition) is 3. The fraction of sp³-hybridized carbons (Fsp3) is 1.00. The van der Waals surface area contributed by atoms with E-state index in [9.17, 15) is 4.39 Å². The van der Waals surface area contributed by atoms with Crippen LogP contribution in [0.1, 0.15) is 27.7 Å². The Labute approximate surface area is 67.0 Å². The van der Waals surface area contributed by atoms with Gasteiger partial charge < -0.3 is 15.9 Å². The van der Waals surface area contributed by atoms with E-state index in [4.69, 9.17) is 15.9 Å². The van der Waals surface area contributed by atoms with Crippen LogP contribution in [0.15, 0.2) is 0 Å². The zero-order valence-corrected chi connectivity index (χ0v) is 7.50. The first-order chi connectivity index (χ1) is 4.85. The summed E-state index contributed by atoms with van der Waals surface area (Å²) in [5.74, 6) is -2.12. The Hall–Kier alpha value is -0.190. The van der Waals surface area contributed by atoms with Gasteiger partial charge in [0, 0.05) is 0 Å². The van der Waals surface area contributed by atoms with Crippen molar-refractivity contribution in [2.24, 2.45) is 5.73 Å². The van der Waals surface area contributed by atoms with Gasteiger partial charge in [-0.25, -0.2) is 4.39 Å². The van der Waals surface area contributed by atoms with Crippen LogP contribution in [0.5, 0.6) is 0 Å². The quantitative estimate of drug-likeness (QED) is 0.521. The van der Waals surface area contributed by atoms with Gasteiger partial charge in [-0.3, -0.25) is 0 Å². The van der Waals surface area contributed by atoms with Gasteiger partial charge in [-0.15, -0.1) is 0 Å². The smallest absolute Gasteiger partial charge is 0.178 e. The maximum Gasteiger partial charge on any atom is 0.178 e. The van der Waals surface area contributed by atoms with Gasteiger partial charge in [-0.1, -0.05) is 13.8 Å². The fourth-order valence-corrected chi connectivity index (χ4v) is 0.435. The number of aliphatic hydroxyl groups is 2. The first kappa shape index (κ1) is 13.4. The lowest BCUT2D eigenvalue weighted by Crippen LogP contribution is -2.50. The standard InChI is InChI=1S/C5H12FNO2.C2H6/c1-3(6)4(7)5(2,8)9;1-2/h3-4,8-9H,7H2,1-2H3;1-2H3. The monoisotopic (exact) mass is 167 g/mol. The van der Waals surface area contributed by atoms with E-state index >= 15 is 0 Å². The molecule has 0 saturated heterocycles. The van der Waals surface area contributed by atoms with Crippen molar-refractivity contribution in [3.63, 3.8) is 0 Å². The summed E-state index contributed by atoms with van der Waals surface area (Å²) in [6.07, 6.45) is -1.41. The van der Waals surface area contributed by atoms with Crippen LogP contribution < -0.4 is 5.73 Å². The third kappa shape index (κ3) is 6.22. The average molecular weight is 167 g/mol. The van der Waals surface area contributed by atoms with Crippen LogP contribution in [-0.4, -0.2) is 28.2 Å². The minimum atomic E-state index is -2.12. The molecule has 0 bridgehead atoms. The molecule has 0 aliphatic rings. The second-order valence-corrected chi connectivity index (χ2v) is 2.30. The highest BCUT2D eigenvalue weighted by Gasteiger charge is 2.30. The van der Waals surface area contributed by atoms with Crippen molar-refractivity contribution in [2.75, 3.05) is 0 Å². The SMILES string of the molecule is CC.CC(F)C(N)C(C)(O)O. The average Bonchev–Trinajstić information content (AvgIpc) is 1.89. The van der Waals surface area contributed by atoms with E-state index in [1.807, 2.05) is 13.8 Å². The zero-order valence-electron chi connectivity index (χ0n) is 7.50. The summed E-state index contributed by atoms with van der Waals surface area (Å²) in [5.41, 5.74) is 5.02. The summed E-state index contributed by atoms with van der Waals surface area (Å²) in [5, 5.41) is 17.3. The van der Waals surface area contributed by atoms with Crippen LogP contribution in [0, 0.1) is 0 Å². The molecule has 0 rings (SSSR count). The summed E-state index contributed by atoms with van der Waals surface area (Å²) in [7, 11) is 0. The molecule has 4 N–H and O–H groups in total. The Morgan fingerprint density at radius 2 is 1.64 bits per heavy atom. The summed E-state index contributed by atoms with van der Waals surface area (Å²) in [6, 6.07) is -1.24. The van der Waals surface area contributed by atoms with Gasteiger partial charge in [0.1, 0.15) is 6.17 Å². The molecule has 0 amide bonds. The highest BCUT2D eigenvalue weighted by molar-refractivity contribution is 4.78. The largest absolute Gasteiger partial charge is 0.364 e. The molecule has 70 valence electrons. The van der Waals surface area contributed by atoms with Gasteiger partial charge >= 0.3 is 0 Å². The van der Waals surface area contributed by atoms with Gasteiger partial charge in [-0.2, -0.15) is 0 Å². The van der Waals surface area contributed by atoms with Crippen molar-refractivity contribution in [3.05, 3.63) is 0 Å². The highest BCUT2D eigenvalue weighted by Crippen LogP contribution is 2.08. The van der Waals surface area contributed by atoms with Crippen molar-refractivity contribution in [3.8, 4) is 0 Å². The molecule has 0 fully saturated rings. The molecular formula is C7H18FNO2. The minimum Gasteiger partial charge on any atom is -0.364 e. The topological polar surface area (TPSA) is 66.5 Å². The first-order valence-corrected chi connectivity index (χ1v) is 3.70. The third-order valence-electron chi connectivity index (χ3n) is 1.13. The molecule has 11 heavy (non-hydrogen) atoms. The maximum atomic E-state index is 12.1. The Balaban J connectivity index is 0. The normalized spacial score (nSPS) is 16.4. The molecule has 0 saturated carbocycles. The Kier molecular flexibility index (Phi) is 6.65. The second-order valence-electron chi connectivity index (χ2n) is 2.30. The minimum absolute atomic E-state index is 1.05. The molecule has 0 aromatic carbocycles. The van der Waals surface area contributed by atoms with Crippen LogP contribution in [0.25, 0.3) is 0 Å². The Morgan fingerprint density at radius 3 is 1.64 bits per heavy atom. The van der Waals surface area contributed by atoms with Crippen LogP contribution in [0.2, 0.25) is 0 Å². The van der Waals surface area contributed by atoms with Crippen LogP contribution >= 0.6 is 0 Å². The van der Waals surface area contributed by atoms with E-state index in [-0.39, 0.29) is 0 Å². The molecule has 0 radical (unpaired) electrons. The highest BCUT2D eigenvalue weighted by atomic mass is 19.1. The number of nitrogens with two attached hydrogens (primary N) is 1. The maximum absolute atomic E-state index is 12.1. The van der Waals surface area contributed by atoms with Gasteiger partial charge in [-0.05, 0) is 13.8 Å². The number of rotatable bonds is 2. The van der Waals surface area contributed by atoms with Crippen molar-refractivity contribution < 1.29 is 14.6 Å². The molecule has 0 aromatic rings. The second kappa shape index (κ2) is 5.46. The lowest BCUT2D eigenvalue weighted by Gasteiger charge is -2.24. The molecule has 3 nitrogen and oxygen atoms in total. The van der Waals surface area contributed by atoms with Crippen molar-refractivity contribution >= 4 is 0 Å². The predicted octanol–water partition coefficient (Wildman–Crippen LogP) is 0.399. The van der Waals surface area contributed by atoms with Crippen molar-refractivity contribution in [1.82, 2.24) is 0 Å². The molecule has 4 heteroatoms. The summed E-state index contributed by atoms with van der Waals surface area (Å²) in [4.78, 5) is 0. The molecular weight excluding hydrogens is 149 g/mol. The van der Waals surface area contributed by atoms with Crippen LogP contribution in [0.4, 0.5) is 4.39 Å². The number of hydrogen-bond donors (Lipinski definition) is 3. The van der Waals surface area contributed by atoms with Crippen molar-refractivity contribution in [2.45, 2.75) is 45.7 Å². The van der Waals surface area contributed by atoms with Gasteiger partial charge in [0.2, 0.25) is 0 Å². The third-order valence-corrected chi connectivity index (χ3v) is 1.13. The zero-order chi connectivity index (χ0) is 9.65. The van der Waals surface area contributed by atoms with Crippen LogP contribution in [0.3, 0.4) is 0 Å². The Morgan fingerprint density at radius 1 is 1.36 bits per heavy atom. The van der Waals surface area contributed by atoms with E-state index in [1.165, 1.54) is 6.92 Å². The number of alkyl halides is 1. The molecule has 0 spiro atoms. The molecule has 0 aliphatic carbocycles. The lowest BCUT2D eigenvalue weighted by atomic mass is 10.1. The van der Waals surface area contributed by atoms with Gasteiger partial charge in [0.15, 0.2) is 5.79 Å². The Bertz CT molecular complexity index is 90.9. The molecule has 0 heterocycles. The molecule has 2 atom stereocenters. The fourth-order valence-electron chi connectivity index (χ4n) is 0.435. The van der Waals surface area contributed by atoms with Gasteiger partial charge in [0.25, 0.3) is 0 Å². The summed E-state index contributed by atoms with van der Waals surface area (Å²) >= 11 is 0. The molecule has 2 unspecified atom stereocenters.